The number of fused-ring (bicyclic) bond motifs is 5. The first-order valence-electron chi connectivity index (χ1n) is 13.6. The van der Waals surface area contributed by atoms with Crippen LogP contribution < -0.4 is 0 Å². The van der Waals surface area contributed by atoms with Crippen LogP contribution in [-0.4, -0.2) is 39.3 Å². The third-order valence-electron chi connectivity index (χ3n) is 8.82. The topological polar surface area (TPSA) is 56.5 Å². The van der Waals surface area contributed by atoms with Gasteiger partial charge >= 0.3 is 0 Å². The second kappa shape index (κ2) is 9.96. The molecule has 1 N–H and O–H groups in total. The van der Waals surface area contributed by atoms with Crippen molar-refractivity contribution in [1.82, 2.24) is 9.55 Å². The average Bonchev–Trinajstić information content (AvgIpc) is 3.21. The molecule has 0 aliphatic heterocycles. The number of nitrogens with zero attached hydrogens (tertiary/aromatic N) is 2. The van der Waals surface area contributed by atoms with Crippen LogP contribution in [0.1, 0.15) is 79.3 Å². The van der Waals surface area contributed by atoms with Crippen molar-refractivity contribution < 1.29 is 14.6 Å². The molecule has 3 atom stereocenters. The first-order chi connectivity index (χ1) is 17.9. The van der Waals surface area contributed by atoms with Gasteiger partial charge < -0.3 is 19.1 Å². The highest BCUT2D eigenvalue weighted by atomic mass is 79.9. The molecule has 196 valence electrons. The Morgan fingerprint density at radius 2 is 1.92 bits per heavy atom. The number of alkyl halides is 1. The summed E-state index contributed by atoms with van der Waals surface area (Å²) >= 11 is 3.94. The van der Waals surface area contributed by atoms with Gasteiger partial charge in [-0.1, -0.05) is 60.1 Å². The summed E-state index contributed by atoms with van der Waals surface area (Å²) in [6.07, 6.45) is 7.21. The van der Waals surface area contributed by atoms with E-state index < -0.39 is 0 Å². The minimum absolute atomic E-state index is 0.0258. The number of halogens is 1. The van der Waals surface area contributed by atoms with Crippen molar-refractivity contribution in [2.45, 2.75) is 81.6 Å². The molecule has 0 amide bonds. The lowest BCUT2D eigenvalue weighted by molar-refractivity contribution is -0.0360. The highest BCUT2D eigenvalue weighted by molar-refractivity contribution is 9.09. The minimum Gasteiger partial charge on any atom is -0.396 e. The quantitative estimate of drug-likeness (QED) is 0.331. The lowest BCUT2D eigenvalue weighted by Crippen LogP contribution is -2.37. The maximum Gasteiger partial charge on any atom is 0.107 e. The van der Waals surface area contributed by atoms with Gasteiger partial charge in [0, 0.05) is 48.0 Å². The summed E-state index contributed by atoms with van der Waals surface area (Å²) < 4.78 is 15.1. The highest BCUT2D eigenvalue weighted by Crippen LogP contribution is 2.58. The van der Waals surface area contributed by atoms with Gasteiger partial charge in [-0.25, -0.2) is 0 Å². The van der Waals surface area contributed by atoms with Gasteiger partial charge in [0.05, 0.1) is 24.1 Å². The van der Waals surface area contributed by atoms with Crippen LogP contribution in [-0.2, 0) is 28.9 Å². The van der Waals surface area contributed by atoms with Crippen molar-refractivity contribution >= 4 is 15.9 Å². The fourth-order valence-corrected chi connectivity index (χ4v) is 7.36. The van der Waals surface area contributed by atoms with Gasteiger partial charge in [-0.3, -0.25) is 4.98 Å². The van der Waals surface area contributed by atoms with Gasteiger partial charge in [-0.05, 0) is 66.3 Å². The van der Waals surface area contributed by atoms with Gasteiger partial charge in [-0.15, -0.1) is 0 Å². The average molecular weight is 566 g/mol. The maximum absolute atomic E-state index is 10.5. The normalized spacial score (nSPS) is 26.7. The summed E-state index contributed by atoms with van der Waals surface area (Å²) in [5, 5.41) is 10.5. The molecule has 5 nitrogen and oxygen atoms in total. The first kappa shape index (κ1) is 25.3. The van der Waals surface area contributed by atoms with E-state index in [2.05, 4.69) is 64.7 Å². The molecule has 0 bridgehead atoms. The Bertz CT molecular complexity index is 1260. The van der Waals surface area contributed by atoms with Gasteiger partial charge in [-0.2, -0.15) is 0 Å². The predicted molar refractivity (Wildman–Crippen MR) is 149 cm³/mol. The Morgan fingerprint density at radius 3 is 2.65 bits per heavy atom. The number of aromatic nitrogens is 2. The second-order valence-electron chi connectivity index (χ2n) is 11.7. The highest BCUT2D eigenvalue weighted by Gasteiger charge is 2.49. The minimum atomic E-state index is -0.356. The van der Waals surface area contributed by atoms with Gasteiger partial charge in [0.25, 0.3) is 0 Å². The number of hydrogen-bond acceptors (Lipinski definition) is 4. The Morgan fingerprint density at radius 1 is 1.14 bits per heavy atom. The number of hydrogen-bond donors (Lipinski definition) is 1. The van der Waals surface area contributed by atoms with E-state index >= 15 is 0 Å². The molecular weight excluding hydrogens is 528 g/mol. The lowest BCUT2D eigenvalue weighted by Gasteiger charge is -2.43. The Kier molecular flexibility index (Phi) is 6.81. The monoisotopic (exact) mass is 564 g/mol. The first-order valence-corrected chi connectivity index (χ1v) is 14.5. The van der Waals surface area contributed by atoms with Crippen LogP contribution in [0.15, 0.2) is 48.7 Å². The molecule has 3 aliphatic carbocycles. The second-order valence-corrected chi connectivity index (χ2v) is 13.0. The number of methoxy groups -OCH3 is 1. The zero-order chi connectivity index (χ0) is 25.7. The lowest BCUT2D eigenvalue weighted by atomic mass is 9.66. The molecule has 37 heavy (non-hydrogen) atoms. The zero-order valence-corrected chi connectivity index (χ0v) is 23.6. The van der Waals surface area contributed by atoms with Crippen molar-refractivity contribution in [3.63, 3.8) is 0 Å². The van der Waals surface area contributed by atoms with Gasteiger partial charge in [0.2, 0.25) is 0 Å². The van der Waals surface area contributed by atoms with E-state index in [0.29, 0.717) is 17.5 Å². The van der Waals surface area contributed by atoms with E-state index in [0.717, 1.165) is 37.8 Å². The van der Waals surface area contributed by atoms with Crippen molar-refractivity contribution in [2.75, 3.05) is 13.7 Å². The molecular formula is C31H37BrN2O3. The molecule has 6 rings (SSSR count). The number of aliphatic hydroxyl groups is 1. The van der Waals surface area contributed by atoms with E-state index in [1.165, 1.54) is 33.6 Å². The number of pyridine rings is 1. The zero-order valence-electron chi connectivity index (χ0n) is 22.0. The summed E-state index contributed by atoms with van der Waals surface area (Å²) in [7, 11) is 1.78. The molecule has 3 aliphatic rings. The number of rotatable bonds is 7. The Hall–Kier alpha value is -1.99. The largest absolute Gasteiger partial charge is 0.396 e. The Labute approximate surface area is 228 Å². The van der Waals surface area contributed by atoms with Crippen molar-refractivity contribution in [1.29, 1.82) is 0 Å². The molecule has 1 fully saturated rings. The molecule has 3 aromatic rings. The maximum atomic E-state index is 10.5. The molecule has 2 heterocycles. The third kappa shape index (κ3) is 4.30. The van der Waals surface area contributed by atoms with Gasteiger partial charge in [0.15, 0.2) is 0 Å². The molecule has 1 aromatic carbocycles. The molecule has 2 aromatic heterocycles. The summed E-state index contributed by atoms with van der Waals surface area (Å²) in [6, 6.07) is 15.1. The van der Waals surface area contributed by atoms with Crippen LogP contribution in [0.4, 0.5) is 0 Å². The number of aliphatic hydroxyl groups excluding tert-OH is 1. The fourth-order valence-electron chi connectivity index (χ4n) is 6.81. The molecule has 0 spiro atoms. The smallest absolute Gasteiger partial charge is 0.107 e. The fraction of sp³-hybridized carbons (Fsp3) is 0.516. The predicted octanol–water partition coefficient (Wildman–Crippen LogP) is 6.53. The van der Waals surface area contributed by atoms with Crippen molar-refractivity contribution in [3.05, 3.63) is 76.7 Å². The van der Waals surface area contributed by atoms with Crippen LogP contribution in [0.2, 0.25) is 0 Å². The van der Waals surface area contributed by atoms with E-state index in [1.807, 2.05) is 18.3 Å². The SMILES string of the molecule is COC1c2ncccc2-c2c(c3c(n2C2CC(OCc4ccccc4)C2)CCC(Br)C3)C1C(C)(C)CO. The van der Waals surface area contributed by atoms with E-state index in [9.17, 15) is 5.11 Å². The van der Waals surface area contributed by atoms with Crippen LogP contribution >= 0.6 is 15.9 Å². The summed E-state index contributed by atoms with van der Waals surface area (Å²) in [5.74, 6) is 0.0258. The van der Waals surface area contributed by atoms with Crippen LogP contribution in [0, 0.1) is 5.41 Å². The van der Waals surface area contributed by atoms with Crippen LogP contribution in [0.25, 0.3) is 11.3 Å². The van der Waals surface area contributed by atoms with Gasteiger partial charge in [0.1, 0.15) is 6.10 Å². The Balaban J connectivity index is 1.42. The molecule has 3 unspecified atom stereocenters. The van der Waals surface area contributed by atoms with E-state index in [4.69, 9.17) is 14.5 Å². The van der Waals surface area contributed by atoms with Crippen LogP contribution in [0.3, 0.4) is 0 Å². The standard InChI is InChI=1S/C31H37BrN2O3/c1-31(2,18-35)27-26-24-14-20(32)11-12-25(24)34(29(26)23-10-7-13-33-28(23)30(27)36-3)21-15-22(16-21)37-17-19-8-5-4-6-9-19/h4-10,13,20-22,27,30,35H,11-12,14-18H2,1-3H3. The number of benzene rings is 1. The van der Waals surface area contributed by atoms with Crippen molar-refractivity contribution in [2.24, 2.45) is 5.41 Å². The summed E-state index contributed by atoms with van der Waals surface area (Å²) in [4.78, 5) is 5.33. The van der Waals surface area contributed by atoms with Crippen molar-refractivity contribution in [3.8, 4) is 11.3 Å². The van der Waals surface area contributed by atoms with Crippen LogP contribution in [0.5, 0.6) is 0 Å². The summed E-state index contributed by atoms with van der Waals surface area (Å²) in [6.45, 7) is 5.09. The third-order valence-corrected chi connectivity index (χ3v) is 9.61. The van der Waals surface area contributed by atoms with E-state index in [-0.39, 0.29) is 30.1 Å². The van der Waals surface area contributed by atoms with E-state index in [1.54, 1.807) is 7.11 Å². The molecule has 1 saturated carbocycles. The summed E-state index contributed by atoms with van der Waals surface area (Å²) in [5.41, 5.74) is 8.66. The molecule has 0 radical (unpaired) electrons. The molecule has 0 saturated heterocycles. The molecule has 6 heteroatoms. The number of ether oxygens (including phenoxy) is 2.